The second kappa shape index (κ2) is 6.59. The largest absolute Gasteiger partial charge is 0.438 e. The summed E-state index contributed by atoms with van der Waals surface area (Å²) in [5.74, 6) is 2.14. The summed E-state index contributed by atoms with van der Waals surface area (Å²) in [5, 5.41) is 2.09. The van der Waals surface area contributed by atoms with Crippen molar-refractivity contribution in [3.8, 4) is 17.1 Å². The Labute approximate surface area is 169 Å². The summed E-state index contributed by atoms with van der Waals surface area (Å²) in [4.78, 5) is 4.37. The van der Waals surface area contributed by atoms with Crippen molar-refractivity contribution >= 4 is 22.1 Å². The summed E-state index contributed by atoms with van der Waals surface area (Å²) >= 11 is 0. The van der Waals surface area contributed by atoms with E-state index in [1.165, 1.54) is 0 Å². The number of hydrogen-bond acceptors (Lipinski definition) is 3. The Bertz CT molecular complexity index is 1340. The van der Waals surface area contributed by atoms with E-state index in [1.807, 2.05) is 24.3 Å². The minimum atomic E-state index is 0.293. The first-order valence-corrected chi connectivity index (χ1v) is 9.93. The molecule has 0 amide bonds. The van der Waals surface area contributed by atoms with Crippen LogP contribution in [-0.4, -0.2) is 4.98 Å². The number of fused-ring (bicyclic) bond motifs is 3. The van der Waals surface area contributed by atoms with Crippen LogP contribution < -0.4 is 4.57 Å². The molecule has 144 valence electrons. The molecule has 0 bridgehead atoms. The van der Waals surface area contributed by atoms with Crippen LogP contribution in [0.15, 0.2) is 69.6 Å². The maximum Gasteiger partial charge on any atom is 0.386 e. The molecule has 0 spiro atoms. The summed E-state index contributed by atoms with van der Waals surface area (Å²) < 4.78 is 14.6. The third-order valence-electron chi connectivity index (χ3n) is 5.45. The van der Waals surface area contributed by atoms with Crippen molar-refractivity contribution in [2.75, 3.05) is 0 Å². The van der Waals surface area contributed by atoms with Crippen molar-refractivity contribution in [1.82, 2.24) is 4.98 Å². The zero-order valence-electron chi connectivity index (χ0n) is 17.1. The molecule has 5 rings (SSSR count). The molecule has 4 heteroatoms. The van der Waals surface area contributed by atoms with Gasteiger partial charge in [0.15, 0.2) is 5.76 Å². The van der Waals surface area contributed by atoms with Crippen molar-refractivity contribution in [3.05, 3.63) is 77.8 Å². The zero-order chi connectivity index (χ0) is 20.1. The maximum absolute atomic E-state index is 6.41. The molecule has 0 fully saturated rings. The smallest absolute Gasteiger partial charge is 0.386 e. The highest BCUT2D eigenvalue weighted by Gasteiger charge is 2.31. The lowest BCUT2D eigenvalue weighted by molar-refractivity contribution is -0.593. The fraction of sp³-hybridized carbons (Fsp3) is 0.200. The van der Waals surface area contributed by atoms with E-state index < -0.39 is 0 Å². The number of nitrogens with zero attached hydrogens (tertiary/aromatic N) is 2. The highest BCUT2D eigenvalue weighted by molar-refractivity contribution is 6.04. The fourth-order valence-electron chi connectivity index (χ4n) is 4.07. The third-order valence-corrected chi connectivity index (χ3v) is 5.45. The third kappa shape index (κ3) is 2.75. The van der Waals surface area contributed by atoms with E-state index in [4.69, 9.17) is 8.83 Å². The molecule has 0 saturated carbocycles. The lowest BCUT2D eigenvalue weighted by Gasteiger charge is -2.02. The number of oxazole rings is 1. The van der Waals surface area contributed by atoms with Crippen LogP contribution in [0.25, 0.3) is 39.2 Å². The van der Waals surface area contributed by atoms with Gasteiger partial charge in [0.1, 0.15) is 5.58 Å². The molecule has 0 aliphatic heterocycles. The Hall–Kier alpha value is -3.40. The molecule has 3 aromatic heterocycles. The van der Waals surface area contributed by atoms with Crippen molar-refractivity contribution in [1.29, 1.82) is 0 Å². The Balaban J connectivity index is 1.84. The van der Waals surface area contributed by atoms with Crippen molar-refractivity contribution in [2.45, 2.75) is 33.6 Å². The number of pyridine rings is 1. The first-order chi connectivity index (χ1) is 14.0. The summed E-state index contributed by atoms with van der Waals surface area (Å²) in [7, 11) is 0. The van der Waals surface area contributed by atoms with Crippen LogP contribution in [0.4, 0.5) is 0 Å². The first-order valence-electron chi connectivity index (χ1n) is 9.93. The monoisotopic (exact) mass is 383 g/mol. The normalized spacial score (nSPS) is 11.8. The van der Waals surface area contributed by atoms with E-state index in [-0.39, 0.29) is 0 Å². The van der Waals surface area contributed by atoms with Gasteiger partial charge in [0.2, 0.25) is 17.1 Å². The van der Waals surface area contributed by atoms with Crippen LogP contribution in [0.2, 0.25) is 0 Å². The number of benzene rings is 2. The molecular weight excluding hydrogens is 360 g/mol. The van der Waals surface area contributed by atoms with Gasteiger partial charge in [-0.2, -0.15) is 0 Å². The van der Waals surface area contributed by atoms with Gasteiger partial charge in [0.05, 0.1) is 5.56 Å². The molecule has 3 heterocycles. The van der Waals surface area contributed by atoms with Crippen LogP contribution >= 0.6 is 0 Å². The van der Waals surface area contributed by atoms with Crippen LogP contribution in [0.1, 0.15) is 36.8 Å². The van der Waals surface area contributed by atoms with Gasteiger partial charge >= 0.3 is 5.89 Å². The molecule has 29 heavy (non-hydrogen) atoms. The average Bonchev–Trinajstić information content (AvgIpc) is 3.25. The summed E-state index contributed by atoms with van der Waals surface area (Å²) in [6, 6.07) is 18.6. The Morgan fingerprint density at radius 1 is 0.897 bits per heavy atom. The van der Waals surface area contributed by atoms with Gasteiger partial charge in [-0.3, -0.25) is 0 Å². The minimum Gasteiger partial charge on any atom is -0.438 e. The van der Waals surface area contributed by atoms with Crippen LogP contribution in [-0.2, 0) is 0 Å². The van der Waals surface area contributed by atoms with E-state index >= 15 is 0 Å². The van der Waals surface area contributed by atoms with E-state index in [2.05, 4.69) is 67.6 Å². The standard InChI is InChI=1S/C25H23N2O2/c1-15(2)23-17(4)27(25(29-23)18-9-6-5-7-10-18)21-14-20-19-11-8-12-26-24(19)28-22(20)13-16(21)3/h5-15H,1-4H3/q+1. The minimum absolute atomic E-state index is 0.293. The van der Waals surface area contributed by atoms with Gasteiger partial charge in [-0.05, 0) is 37.3 Å². The number of furan rings is 1. The van der Waals surface area contributed by atoms with E-state index in [9.17, 15) is 0 Å². The Kier molecular flexibility index (Phi) is 4.02. The first kappa shape index (κ1) is 17.7. The molecule has 4 nitrogen and oxygen atoms in total. The van der Waals surface area contributed by atoms with E-state index in [1.54, 1.807) is 6.20 Å². The topological polar surface area (TPSA) is 43.0 Å². The Morgan fingerprint density at radius 3 is 2.45 bits per heavy atom. The van der Waals surface area contributed by atoms with Crippen LogP contribution in [0.3, 0.4) is 0 Å². The SMILES string of the molecule is Cc1cc2oc3ncccc3c2cc1-[n+]1c(-c2ccccc2)oc(C(C)C)c1C. The lowest BCUT2D eigenvalue weighted by Crippen LogP contribution is -2.35. The van der Waals surface area contributed by atoms with Gasteiger partial charge < -0.3 is 8.83 Å². The van der Waals surface area contributed by atoms with Crippen molar-refractivity contribution < 1.29 is 13.4 Å². The molecule has 0 radical (unpaired) electrons. The molecule has 2 aromatic carbocycles. The molecule has 5 aromatic rings. The summed E-state index contributed by atoms with van der Waals surface area (Å²) in [6.45, 7) is 8.56. The quantitative estimate of drug-likeness (QED) is 0.345. The summed E-state index contributed by atoms with van der Waals surface area (Å²) in [5.41, 5.74) is 5.91. The fourth-order valence-corrected chi connectivity index (χ4v) is 4.07. The van der Waals surface area contributed by atoms with Crippen molar-refractivity contribution in [2.24, 2.45) is 0 Å². The number of hydrogen-bond donors (Lipinski definition) is 0. The second-order valence-corrected chi connectivity index (χ2v) is 7.81. The van der Waals surface area contributed by atoms with Gasteiger partial charge in [0.25, 0.3) is 0 Å². The second-order valence-electron chi connectivity index (χ2n) is 7.81. The van der Waals surface area contributed by atoms with Gasteiger partial charge in [-0.25, -0.2) is 4.98 Å². The maximum atomic E-state index is 6.41. The molecule has 0 aliphatic carbocycles. The molecular formula is C25H23N2O2+. The van der Waals surface area contributed by atoms with E-state index in [0.717, 1.165) is 50.5 Å². The molecule has 0 unspecified atom stereocenters. The summed E-state index contributed by atoms with van der Waals surface area (Å²) in [6.07, 6.45) is 1.76. The number of aryl methyl sites for hydroxylation is 1. The molecule has 0 N–H and O–H groups in total. The van der Waals surface area contributed by atoms with E-state index in [0.29, 0.717) is 11.6 Å². The average molecular weight is 383 g/mol. The van der Waals surface area contributed by atoms with Crippen LogP contribution in [0.5, 0.6) is 0 Å². The lowest BCUT2D eigenvalue weighted by atomic mass is 10.1. The molecule has 0 atom stereocenters. The van der Waals surface area contributed by atoms with Crippen LogP contribution in [0, 0.1) is 13.8 Å². The highest BCUT2D eigenvalue weighted by atomic mass is 16.4. The molecule has 0 saturated heterocycles. The van der Waals surface area contributed by atoms with Crippen molar-refractivity contribution in [3.63, 3.8) is 0 Å². The zero-order valence-corrected chi connectivity index (χ0v) is 17.1. The molecule has 0 aliphatic rings. The van der Waals surface area contributed by atoms with Gasteiger partial charge in [-0.15, -0.1) is 4.57 Å². The number of aromatic nitrogens is 2. The van der Waals surface area contributed by atoms with Gasteiger partial charge in [0, 0.05) is 41.4 Å². The predicted molar refractivity (Wildman–Crippen MR) is 114 cm³/mol. The predicted octanol–water partition coefficient (Wildman–Crippen LogP) is 6.26. The highest BCUT2D eigenvalue weighted by Crippen LogP contribution is 2.32. The number of rotatable bonds is 3. The Morgan fingerprint density at radius 2 is 1.69 bits per heavy atom. The van der Waals surface area contributed by atoms with Gasteiger partial charge in [-0.1, -0.05) is 32.0 Å².